The van der Waals surface area contributed by atoms with Crippen molar-refractivity contribution in [1.82, 2.24) is 10.4 Å². The summed E-state index contributed by atoms with van der Waals surface area (Å²) in [7, 11) is 0. The van der Waals surface area contributed by atoms with Crippen LogP contribution in [0.15, 0.2) is 24.3 Å². The normalized spacial score (nSPS) is 27.8. The Labute approximate surface area is 191 Å². The third-order valence-corrected chi connectivity index (χ3v) is 6.95. The highest BCUT2D eigenvalue weighted by Gasteiger charge is 2.39. The molecule has 1 aromatic carbocycles. The number of halogens is 2. The third-order valence-electron chi connectivity index (χ3n) is 6.95. The molecule has 2 atom stereocenters. The molecule has 180 valence electrons. The Bertz CT molecular complexity index is 897. The first-order valence-corrected chi connectivity index (χ1v) is 11.8. The molecule has 0 bridgehead atoms. The van der Waals surface area contributed by atoms with Crippen LogP contribution in [0.25, 0.3) is 5.70 Å². The van der Waals surface area contributed by atoms with Crippen molar-refractivity contribution in [2.45, 2.75) is 63.3 Å². The number of hydrogen-bond acceptors (Lipinski definition) is 6. The molecule has 0 aromatic heterocycles. The van der Waals surface area contributed by atoms with Crippen LogP contribution in [0.3, 0.4) is 0 Å². The van der Waals surface area contributed by atoms with Gasteiger partial charge in [0, 0.05) is 31.1 Å². The fourth-order valence-electron chi connectivity index (χ4n) is 5.18. The molecule has 2 saturated heterocycles. The number of carbonyl (C=O) groups is 1. The van der Waals surface area contributed by atoms with Gasteiger partial charge in [0.2, 0.25) is 5.91 Å². The van der Waals surface area contributed by atoms with E-state index in [2.05, 4.69) is 5.48 Å². The van der Waals surface area contributed by atoms with Gasteiger partial charge < -0.3 is 19.1 Å². The van der Waals surface area contributed by atoms with Gasteiger partial charge in [-0.3, -0.25) is 15.1 Å². The zero-order chi connectivity index (χ0) is 22.8. The molecule has 33 heavy (non-hydrogen) atoms. The Morgan fingerprint density at radius 1 is 1.18 bits per heavy atom. The van der Waals surface area contributed by atoms with Gasteiger partial charge in [-0.25, -0.2) is 0 Å². The maximum Gasteiger partial charge on any atom is 0.387 e. The molecular formula is C24H30F2N2O5. The molecule has 0 radical (unpaired) electrons. The number of nitrogens with one attached hydrogen (secondary N) is 1. The van der Waals surface area contributed by atoms with Crippen LogP contribution >= 0.6 is 0 Å². The van der Waals surface area contributed by atoms with Gasteiger partial charge in [0.05, 0.1) is 18.8 Å². The minimum Gasteiger partial charge on any atom is -0.485 e. The van der Waals surface area contributed by atoms with E-state index in [0.29, 0.717) is 26.3 Å². The van der Waals surface area contributed by atoms with E-state index in [0.717, 1.165) is 56.2 Å². The number of rotatable bonds is 6. The van der Waals surface area contributed by atoms with Gasteiger partial charge in [-0.15, -0.1) is 0 Å². The van der Waals surface area contributed by atoms with E-state index >= 15 is 0 Å². The predicted molar refractivity (Wildman–Crippen MR) is 116 cm³/mol. The lowest BCUT2D eigenvalue weighted by Gasteiger charge is -2.34. The number of nitrogens with zero attached hydrogens (tertiary/aromatic N) is 1. The number of benzene rings is 1. The van der Waals surface area contributed by atoms with E-state index in [-0.39, 0.29) is 29.4 Å². The average molecular weight is 465 g/mol. The first kappa shape index (κ1) is 22.4. The van der Waals surface area contributed by atoms with Crippen molar-refractivity contribution in [3.8, 4) is 11.5 Å². The fraction of sp³-hybridized carbons (Fsp3) is 0.625. The third kappa shape index (κ3) is 4.94. The molecule has 1 aliphatic carbocycles. The Balaban J connectivity index is 1.33. The Hall–Kier alpha value is -2.39. The summed E-state index contributed by atoms with van der Waals surface area (Å²) in [5, 5.41) is 0. The quantitative estimate of drug-likeness (QED) is 0.689. The number of carbonyl (C=O) groups excluding carboxylic acids is 1. The van der Waals surface area contributed by atoms with Crippen LogP contribution in [0.2, 0.25) is 0 Å². The summed E-state index contributed by atoms with van der Waals surface area (Å²) >= 11 is 0. The summed E-state index contributed by atoms with van der Waals surface area (Å²) in [6, 6.07) is 4.87. The van der Waals surface area contributed by atoms with Gasteiger partial charge in [0.25, 0.3) is 0 Å². The second-order valence-electron chi connectivity index (χ2n) is 9.32. The first-order valence-electron chi connectivity index (χ1n) is 11.8. The van der Waals surface area contributed by atoms with E-state index in [9.17, 15) is 13.6 Å². The van der Waals surface area contributed by atoms with Gasteiger partial charge in [-0.1, -0.05) is 12.8 Å². The van der Waals surface area contributed by atoms with Gasteiger partial charge in [0.1, 0.15) is 11.7 Å². The molecule has 7 nitrogen and oxygen atoms in total. The van der Waals surface area contributed by atoms with Crippen molar-refractivity contribution >= 4 is 11.6 Å². The molecule has 1 aromatic rings. The number of ether oxygens (including phenoxy) is 3. The molecule has 5 rings (SSSR count). The maximum absolute atomic E-state index is 13.0. The molecule has 3 heterocycles. The summed E-state index contributed by atoms with van der Waals surface area (Å²) in [5.74, 6) is 0.517. The van der Waals surface area contributed by atoms with Crippen LogP contribution in [-0.2, 0) is 14.4 Å². The number of hydroxylamine groups is 1. The number of likely N-dealkylation sites (tertiary alicyclic amines) is 1. The molecule has 1 N–H and O–H groups in total. The Morgan fingerprint density at radius 3 is 2.79 bits per heavy atom. The zero-order valence-corrected chi connectivity index (χ0v) is 18.6. The molecule has 3 fully saturated rings. The lowest BCUT2D eigenvalue weighted by Crippen LogP contribution is -2.46. The molecule has 1 spiro atoms. The molecule has 4 aliphatic rings. The van der Waals surface area contributed by atoms with Gasteiger partial charge in [-0.05, 0) is 50.0 Å². The summed E-state index contributed by atoms with van der Waals surface area (Å²) < 4.78 is 42.4. The van der Waals surface area contributed by atoms with Crippen molar-refractivity contribution in [1.29, 1.82) is 0 Å². The second kappa shape index (κ2) is 9.46. The minimum atomic E-state index is -2.96. The lowest BCUT2D eigenvalue weighted by atomic mass is 10.0. The van der Waals surface area contributed by atoms with Crippen LogP contribution < -0.4 is 15.0 Å². The number of piperidine rings is 1. The minimum absolute atomic E-state index is 0.0218. The number of hydrogen-bond donors (Lipinski definition) is 1. The van der Waals surface area contributed by atoms with Crippen LogP contribution in [0.4, 0.5) is 8.78 Å². The molecule has 3 aliphatic heterocycles. The predicted octanol–water partition coefficient (Wildman–Crippen LogP) is 3.88. The van der Waals surface area contributed by atoms with Crippen molar-refractivity contribution < 1.29 is 32.6 Å². The van der Waals surface area contributed by atoms with E-state index in [4.69, 9.17) is 19.0 Å². The van der Waals surface area contributed by atoms with Gasteiger partial charge in [0.15, 0.2) is 11.5 Å². The summed E-state index contributed by atoms with van der Waals surface area (Å²) in [5.41, 5.74) is 3.91. The van der Waals surface area contributed by atoms with Crippen molar-refractivity contribution in [2.75, 3.05) is 26.3 Å². The molecule has 9 heteroatoms. The summed E-state index contributed by atoms with van der Waals surface area (Å²) in [6.45, 7) is -0.701. The fourth-order valence-corrected chi connectivity index (χ4v) is 5.18. The largest absolute Gasteiger partial charge is 0.485 e. The summed E-state index contributed by atoms with van der Waals surface area (Å²) in [4.78, 5) is 20.5. The number of alkyl halides is 2. The standard InChI is InChI=1S/C24H30F2N2O5/c25-23(26)32-20-8-7-17(19-13-24(33-27-19)9-11-30-15-24)12-21(20)31-18-6-3-10-28(14-18)22(29)16-4-1-2-5-16/h7-8,12-13,16,18,23,27H,1-6,9-11,14-15H2. The highest BCUT2D eigenvalue weighted by molar-refractivity contribution is 5.79. The lowest BCUT2D eigenvalue weighted by molar-refractivity contribution is -0.138. The Kier molecular flexibility index (Phi) is 6.42. The molecule has 1 saturated carbocycles. The van der Waals surface area contributed by atoms with Crippen LogP contribution in [0.5, 0.6) is 11.5 Å². The highest BCUT2D eigenvalue weighted by Crippen LogP contribution is 2.37. The molecule has 1 amide bonds. The highest BCUT2D eigenvalue weighted by atomic mass is 19.3. The molecule has 2 unspecified atom stereocenters. The average Bonchev–Trinajstić information content (AvgIpc) is 3.58. The monoisotopic (exact) mass is 464 g/mol. The Morgan fingerprint density at radius 2 is 2.03 bits per heavy atom. The van der Waals surface area contributed by atoms with Crippen LogP contribution in [0, 0.1) is 5.92 Å². The topological polar surface area (TPSA) is 69.3 Å². The van der Waals surface area contributed by atoms with Crippen molar-refractivity contribution in [3.05, 3.63) is 29.8 Å². The van der Waals surface area contributed by atoms with Crippen LogP contribution in [-0.4, -0.2) is 55.4 Å². The van der Waals surface area contributed by atoms with Gasteiger partial charge in [-0.2, -0.15) is 8.78 Å². The first-order chi connectivity index (χ1) is 16.0. The smallest absolute Gasteiger partial charge is 0.387 e. The maximum atomic E-state index is 13.0. The summed E-state index contributed by atoms with van der Waals surface area (Å²) in [6.07, 6.45) is 8.10. The van der Waals surface area contributed by atoms with E-state index in [1.165, 1.54) is 6.07 Å². The van der Waals surface area contributed by atoms with Crippen molar-refractivity contribution in [2.24, 2.45) is 5.92 Å². The van der Waals surface area contributed by atoms with Crippen molar-refractivity contribution in [3.63, 3.8) is 0 Å². The molecular weight excluding hydrogens is 434 g/mol. The van der Waals surface area contributed by atoms with E-state index in [1.807, 2.05) is 11.0 Å². The number of amides is 1. The van der Waals surface area contributed by atoms with Crippen LogP contribution in [0.1, 0.15) is 50.5 Å². The SMILES string of the molecule is O=C(C1CCCC1)N1CCCC(Oc2cc(C3=CC4(CCOC4)ON3)ccc2OC(F)F)C1. The van der Waals surface area contributed by atoms with E-state index < -0.39 is 12.2 Å². The van der Waals surface area contributed by atoms with E-state index in [1.54, 1.807) is 12.1 Å². The second-order valence-corrected chi connectivity index (χ2v) is 9.32. The van der Waals surface area contributed by atoms with Gasteiger partial charge >= 0.3 is 6.61 Å². The zero-order valence-electron chi connectivity index (χ0n) is 18.6.